The van der Waals surface area contributed by atoms with Crippen molar-refractivity contribution < 1.29 is 18.0 Å². The van der Waals surface area contributed by atoms with Gasteiger partial charge in [0.1, 0.15) is 5.82 Å². The third-order valence-corrected chi connectivity index (χ3v) is 6.01. The number of carbonyl (C=O) groups excluding carboxylic acids is 1. The zero-order chi connectivity index (χ0) is 25.0. The largest absolute Gasteiger partial charge is 0.393 e. The van der Waals surface area contributed by atoms with Gasteiger partial charge in [-0.25, -0.2) is 4.98 Å². The first-order valence-corrected chi connectivity index (χ1v) is 11.6. The van der Waals surface area contributed by atoms with E-state index in [0.29, 0.717) is 25.1 Å². The van der Waals surface area contributed by atoms with E-state index in [-0.39, 0.29) is 11.5 Å². The Morgan fingerprint density at radius 3 is 2.57 bits per heavy atom. The molecule has 4 rings (SSSR count). The van der Waals surface area contributed by atoms with Gasteiger partial charge in [0.25, 0.3) is 5.91 Å². The fraction of sp³-hybridized carbons (Fsp3) is 0.333. The zero-order valence-corrected chi connectivity index (χ0v) is 19.9. The van der Waals surface area contributed by atoms with E-state index >= 15 is 0 Å². The van der Waals surface area contributed by atoms with Gasteiger partial charge in [-0.1, -0.05) is 30.3 Å². The Balaban J connectivity index is 1.51. The van der Waals surface area contributed by atoms with Crippen molar-refractivity contribution in [1.82, 2.24) is 15.2 Å². The van der Waals surface area contributed by atoms with Crippen molar-refractivity contribution in [3.8, 4) is 0 Å². The lowest BCUT2D eigenvalue weighted by Crippen LogP contribution is -2.31. The summed E-state index contributed by atoms with van der Waals surface area (Å²) in [7, 11) is 3.93. The van der Waals surface area contributed by atoms with Gasteiger partial charge in [0.2, 0.25) is 0 Å². The minimum absolute atomic E-state index is 0.0778. The van der Waals surface area contributed by atoms with Crippen LogP contribution in [0.15, 0.2) is 60.8 Å². The summed E-state index contributed by atoms with van der Waals surface area (Å²) in [4.78, 5) is 21.4. The maximum atomic E-state index is 12.8. The molecule has 0 bridgehead atoms. The number of pyridine rings is 1. The van der Waals surface area contributed by atoms with Gasteiger partial charge in [-0.3, -0.25) is 4.79 Å². The van der Waals surface area contributed by atoms with Crippen LogP contribution in [0.3, 0.4) is 0 Å². The Hall–Kier alpha value is -3.39. The molecule has 2 heterocycles. The highest BCUT2D eigenvalue weighted by Crippen LogP contribution is 2.36. The number of halogens is 3. The predicted octanol–water partition coefficient (Wildman–Crippen LogP) is 4.76. The van der Waals surface area contributed by atoms with Crippen LogP contribution >= 0.6 is 0 Å². The van der Waals surface area contributed by atoms with Crippen molar-refractivity contribution in [2.75, 3.05) is 38.6 Å². The SMILES string of the molecule is CN(C)CCNC(=O)c1cccc2c1CCN2c1cc(Cc2cccc(CC(F)(F)F)c2)ccn1. The third-order valence-electron chi connectivity index (χ3n) is 6.01. The summed E-state index contributed by atoms with van der Waals surface area (Å²) in [6.45, 7) is 2.05. The topological polar surface area (TPSA) is 48.5 Å². The first-order chi connectivity index (χ1) is 16.7. The van der Waals surface area contributed by atoms with E-state index in [1.165, 1.54) is 6.07 Å². The Labute approximate surface area is 203 Å². The van der Waals surface area contributed by atoms with Crippen LogP contribution in [-0.4, -0.2) is 55.7 Å². The second-order valence-electron chi connectivity index (χ2n) is 9.08. The molecule has 2 aromatic carbocycles. The Bertz CT molecular complexity index is 1190. The van der Waals surface area contributed by atoms with E-state index in [9.17, 15) is 18.0 Å². The third kappa shape index (κ3) is 6.39. The first kappa shape index (κ1) is 24.7. The summed E-state index contributed by atoms with van der Waals surface area (Å²) in [6.07, 6.45) is -2.19. The summed E-state index contributed by atoms with van der Waals surface area (Å²) in [5.74, 6) is 0.684. The molecule has 1 amide bonds. The van der Waals surface area contributed by atoms with Gasteiger partial charge in [-0.15, -0.1) is 0 Å². The minimum Gasteiger partial charge on any atom is -0.351 e. The van der Waals surface area contributed by atoms with Gasteiger partial charge in [-0.2, -0.15) is 13.2 Å². The molecule has 0 unspecified atom stereocenters. The molecular formula is C27H29F3N4O. The van der Waals surface area contributed by atoms with Gasteiger partial charge in [-0.05, 0) is 73.5 Å². The van der Waals surface area contributed by atoms with E-state index in [4.69, 9.17) is 0 Å². The molecule has 8 heteroatoms. The monoisotopic (exact) mass is 482 g/mol. The molecule has 3 aromatic rings. The van der Waals surface area contributed by atoms with Crippen LogP contribution < -0.4 is 10.2 Å². The van der Waals surface area contributed by atoms with Crippen LogP contribution in [-0.2, 0) is 19.3 Å². The average molecular weight is 483 g/mol. The second-order valence-corrected chi connectivity index (χ2v) is 9.08. The smallest absolute Gasteiger partial charge is 0.351 e. The Morgan fingerprint density at radius 2 is 1.80 bits per heavy atom. The van der Waals surface area contributed by atoms with Crippen molar-refractivity contribution >= 4 is 17.4 Å². The summed E-state index contributed by atoms with van der Waals surface area (Å²) >= 11 is 0. The summed E-state index contributed by atoms with van der Waals surface area (Å²) < 4.78 is 38.3. The lowest BCUT2D eigenvalue weighted by molar-refractivity contribution is -0.127. The minimum atomic E-state index is -4.23. The number of aromatic nitrogens is 1. The molecule has 1 aliphatic heterocycles. The molecule has 0 saturated heterocycles. The second kappa shape index (κ2) is 10.5. The fourth-order valence-electron chi connectivity index (χ4n) is 4.41. The van der Waals surface area contributed by atoms with Crippen LogP contribution in [0.1, 0.15) is 32.6 Å². The Kier molecular flexibility index (Phi) is 7.40. The highest BCUT2D eigenvalue weighted by molar-refractivity contribution is 5.98. The molecule has 0 atom stereocenters. The molecule has 0 saturated carbocycles. The highest BCUT2D eigenvalue weighted by atomic mass is 19.4. The van der Waals surface area contributed by atoms with Crippen molar-refractivity contribution in [2.45, 2.75) is 25.4 Å². The molecule has 1 aliphatic rings. The average Bonchev–Trinajstić information content (AvgIpc) is 3.22. The number of rotatable bonds is 8. The van der Waals surface area contributed by atoms with Gasteiger partial charge in [0.15, 0.2) is 0 Å². The van der Waals surface area contributed by atoms with Crippen LogP contribution in [0.25, 0.3) is 0 Å². The number of hydrogen-bond acceptors (Lipinski definition) is 4. The number of likely N-dealkylation sites (N-methyl/N-ethyl adjacent to an activating group) is 1. The number of benzene rings is 2. The molecule has 0 fully saturated rings. The molecule has 0 spiro atoms. The van der Waals surface area contributed by atoms with Crippen molar-refractivity contribution in [1.29, 1.82) is 0 Å². The van der Waals surface area contributed by atoms with Gasteiger partial charge >= 0.3 is 6.18 Å². The number of nitrogens with one attached hydrogen (secondary N) is 1. The molecule has 184 valence electrons. The molecule has 0 aliphatic carbocycles. The quantitative estimate of drug-likeness (QED) is 0.503. The lowest BCUT2D eigenvalue weighted by atomic mass is 10.0. The maximum Gasteiger partial charge on any atom is 0.393 e. The number of fused-ring (bicyclic) bond motifs is 1. The molecule has 1 N–H and O–H groups in total. The molecule has 35 heavy (non-hydrogen) atoms. The van der Waals surface area contributed by atoms with Crippen LogP contribution in [0.2, 0.25) is 0 Å². The fourth-order valence-corrected chi connectivity index (χ4v) is 4.41. The first-order valence-electron chi connectivity index (χ1n) is 11.6. The van der Waals surface area contributed by atoms with Crippen molar-refractivity contribution in [3.05, 3.63) is 88.6 Å². The van der Waals surface area contributed by atoms with Crippen LogP contribution in [0.4, 0.5) is 24.7 Å². The van der Waals surface area contributed by atoms with Gasteiger partial charge in [0, 0.05) is 37.1 Å². The maximum absolute atomic E-state index is 12.8. The summed E-state index contributed by atoms with van der Waals surface area (Å²) in [6, 6.07) is 16.2. The Morgan fingerprint density at radius 1 is 1.06 bits per heavy atom. The van der Waals surface area contributed by atoms with Gasteiger partial charge in [0.05, 0.1) is 6.42 Å². The van der Waals surface area contributed by atoms with E-state index in [2.05, 4.69) is 15.2 Å². The predicted molar refractivity (Wildman–Crippen MR) is 131 cm³/mol. The van der Waals surface area contributed by atoms with Crippen LogP contribution in [0.5, 0.6) is 0 Å². The normalized spacial score (nSPS) is 13.3. The van der Waals surface area contributed by atoms with E-state index in [0.717, 1.165) is 41.2 Å². The summed E-state index contributed by atoms with van der Waals surface area (Å²) in [5, 5.41) is 2.98. The number of hydrogen-bond donors (Lipinski definition) is 1. The van der Waals surface area contributed by atoms with E-state index < -0.39 is 12.6 Å². The lowest BCUT2D eigenvalue weighted by Gasteiger charge is -2.19. The van der Waals surface area contributed by atoms with E-state index in [1.807, 2.05) is 55.4 Å². The van der Waals surface area contributed by atoms with E-state index in [1.54, 1.807) is 18.3 Å². The number of nitrogens with zero attached hydrogens (tertiary/aromatic N) is 3. The highest BCUT2D eigenvalue weighted by Gasteiger charge is 2.28. The van der Waals surface area contributed by atoms with Crippen molar-refractivity contribution in [3.63, 3.8) is 0 Å². The number of alkyl halides is 3. The standard InChI is InChI=1S/C27H29F3N4O/c1-33(2)14-12-32-26(35)23-7-4-8-24-22(23)10-13-34(24)25-17-20(9-11-31-25)15-19-5-3-6-21(16-19)18-27(28,29)30/h3-9,11,16-17H,10,12-15,18H2,1-2H3,(H,32,35). The van der Waals surface area contributed by atoms with Crippen LogP contribution in [0, 0.1) is 0 Å². The number of amides is 1. The zero-order valence-electron chi connectivity index (χ0n) is 19.9. The molecular weight excluding hydrogens is 453 g/mol. The molecule has 1 aromatic heterocycles. The number of anilines is 2. The molecule has 0 radical (unpaired) electrons. The molecule has 5 nitrogen and oxygen atoms in total. The summed E-state index contributed by atoms with van der Waals surface area (Å²) in [5.41, 5.74) is 4.69. The van der Waals surface area contributed by atoms with Crippen molar-refractivity contribution in [2.24, 2.45) is 0 Å². The number of carbonyl (C=O) groups is 1. The van der Waals surface area contributed by atoms with Gasteiger partial charge < -0.3 is 15.1 Å².